The SMILES string of the molecule is CC(C)(CNC(=O)C1CCCN1S(=O)(=O)c1ccccc1)c1ccccc1F. The molecule has 0 spiro atoms. The lowest BCUT2D eigenvalue weighted by atomic mass is 9.84. The molecule has 1 atom stereocenters. The highest BCUT2D eigenvalue weighted by Crippen LogP contribution is 2.28. The summed E-state index contributed by atoms with van der Waals surface area (Å²) in [5.74, 6) is -0.669. The molecule has 0 saturated carbocycles. The number of hydrogen-bond acceptors (Lipinski definition) is 3. The molecule has 5 nitrogen and oxygen atoms in total. The quantitative estimate of drug-likeness (QED) is 0.805. The fourth-order valence-corrected chi connectivity index (χ4v) is 5.23. The van der Waals surface area contributed by atoms with Gasteiger partial charge in [0.25, 0.3) is 0 Å². The van der Waals surface area contributed by atoms with Crippen molar-refractivity contribution in [1.29, 1.82) is 0 Å². The van der Waals surface area contributed by atoms with Crippen LogP contribution in [0.1, 0.15) is 32.3 Å². The second-order valence-corrected chi connectivity index (χ2v) is 9.56. The van der Waals surface area contributed by atoms with Crippen molar-refractivity contribution >= 4 is 15.9 Å². The van der Waals surface area contributed by atoms with Crippen molar-refractivity contribution in [2.75, 3.05) is 13.1 Å². The second kappa shape index (κ2) is 8.01. The number of sulfonamides is 1. The zero-order valence-corrected chi connectivity index (χ0v) is 16.9. The van der Waals surface area contributed by atoms with Gasteiger partial charge < -0.3 is 5.32 Å². The van der Waals surface area contributed by atoms with Gasteiger partial charge in [0, 0.05) is 18.5 Å². The Balaban J connectivity index is 1.73. The first-order chi connectivity index (χ1) is 13.2. The summed E-state index contributed by atoms with van der Waals surface area (Å²) >= 11 is 0. The minimum absolute atomic E-state index is 0.182. The lowest BCUT2D eigenvalue weighted by Gasteiger charge is -2.28. The molecule has 28 heavy (non-hydrogen) atoms. The molecule has 1 aliphatic heterocycles. The van der Waals surface area contributed by atoms with Crippen LogP contribution in [0.5, 0.6) is 0 Å². The molecule has 1 saturated heterocycles. The molecule has 0 aliphatic carbocycles. The number of nitrogens with one attached hydrogen (secondary N) is 1. The minimum Gasteiger partial charge on any atom is -0.354 e. The van der Waals surface area contributed by atoms with Crippen LogP contribution in [0.25, 0.3) is 0 Å². The van der Waals surface area contributed by atoms with Gasteiger partial charge in [0.2, 0.25) is 15.9 Å². The molecule has 7 heteroatoms. The first-order valence-electron chi connectivity index (χ1n) is 9.33. The summed E-state index contributed by atoms with van der Waals surface area (Å²) in [5, 5.41) is 2.83. The fraction of sp³-hybridized carbons (Fsp3) is 0.381. The molecule has 1 N–H and O–H groups in total. The van der Waals surface area contributed by atoms with Crippen LogP contribution in [0.15, 0.2) is 59.5 Å². The van der Waals surface area contributed by atoms with Crippen LogP contribution in [-0.4, -0.2) is 37.8 Å². The summed E-state index contributed by atoms with van der Waals surface area (Å²) in [5.41, 5.74) is -0.113. The topological polar surface area (TPSA) is 66.5 Å². The standard InChI is InChI=1S/C21H25FN2O3S/c1-21(2,17-11-6-7-12-18(17)22)15-23-20(25)19-13-8-14-24(19)28(26,27)16-9-4-3-5-10-16/h3-7,9-12,19H,8,13-15H2,1-2H3,(H,23,25). The van der Waals surface area contributed by atoms with E-state index in [1.165, 1.54) is 22.5 Å². The van der Waals surface area contributed by atoms with E-state index in [-0.39, 0.29) is 23.2 Å². The number of nitrogens with zero attached hydrogens (tertiary/aromatic N) is 1. The van der Waals surface area contributed by atoms with Crippen LogP contribution in [0, 0.1) is 5.82 Å². The second-order valence-electron chi connectivity index (χ2n) is 7.67. The Morgan fingerprint density at radius 3 is 2.46 bits per heavy atom. The van der Waals surface area contributed by atoms with Crippen LogP contribution in [0.3, 0.4) is 0 Å². The van der Waals surface area contributed by atoms with Crippen molar-refractivity contribution in [1.82, 2.24) is 9.62 Å². The van der Waals surface area contributed by atoms with Gasteiger partial charge in [-0.15, -0.1) is 0 Å². The maximum Gasteiger partial charge on any atom is 0.243 e. The van der Waals surface area contributed by atoms with E-state index >= 15 is 0 Å². The highest BCUT2D eigenvalue weighted by Gasteiger charge is 2.39. The predicted molar refractivity (Wildman–Crippen MR) is 106 cm³/mol. The third-order valence-corrected chi connectivity index (χ3v) is 7.09. The molecule has 0 radical (unpaired) electrons. The van der Waals surface area contributed by atoms with E-state index in [0.717, 1.165) is 0 Å². The fourth-order valence-electron chi connectivity index (χ4n) is 3.55. The van der Waals surface area contributed by atoms with Gasteiger partial charge in [0.1, 0.15) is 11.9 Å². The van der Waals surface area contributed by atoms with E-state index in [9.17, 15) is 17.6 Å². The van der Waals surface area contributed by atoms with Crippen LogP contribution < -0.4 is 5.32 Å². The molecular formula is C21H25FN2O3S. The van der Waals surface area contributed by atoms with Gasteiger partial charge in [-0.25, -0.2) is 12.8 Å². The van der Waals surface area contributed by atoms with E-state index < -0.39 is 21.5 Å². The van der Waals surface area contributed by atoms with Crippen molar-refractivity contribution in [2.45, 2.75) is 43.0 Å². The molecule has 150 valence electrons. The summed E-state index contributed by atoms with van der Waals surface area (Å²) in [4.78, 5) is 13.0. The molecule has 2 aromatic carbocycles. The van der Waals surface area contributed by atoms with E-state index in [0.29, 0.717) is 24.9 Å². The summed E-state index contributed by atoms with van der Waals surface area (Å²) in [6.45, 7) is 4.21. The highest BCUT2D eigenvalue weighted by molar-refractivity contribution is 7.89. The predicted octanol–water partition coefficient (Wildman–Crippen LogP) is 3.07. The Kier molecular flexibility index (Phi) is 5.86. The lowest BCUT2D eigenvalue weighted by molar-refractivity contribution is -0.124. The molecular weight excluding hydrogens is 379 g/mol. The number of benzene rings is 2. The zero-order valence-electron chi connectivity index (χ0n) is 16.1. The molecule has 1 fully saturated rings. The molecule has 0 bridgehead atoms. The highest BCUT2D eigenvalue weighted by atomic mass is 32.2. The Bertz CT molecular complexity index is 945. The summed E-state index contributed by atoms with van der Waals surface area (Å²) in [6, 6.07) is 13.9. The maximum absolute atomic E-state index is 14.1. The monoisotopic (exact) mass is 404 g/mol. The molecule has 1 amide bonds. The summed E-state index contributed by atoms with van der Waals surface area (Å²) in [7, 11) is -3.73. The van der Waals surface area contributed by atoms with Crippen LogP contribution >= 0.6 is 0 Å². The number of carbonyl (C=O) groups is 1. The smallest absolute Gasteiger partial charge is 0.243 e. The van der Waals surface area contributed by atoms with Gasteiger partial charge in [-0.2, -0.15) is 4.31 Å². The Morgan fingerprint density at radius 2 is 1.79 bits per heavy atom. The van der Waals surface area contributed by atoms with E-state index in [1.807, 2.05) is 13.8 Å². The molecule has 1 heterocycles. The summed E-state index contributed by atoms with van der Waals surface area (Å²) in [6.07, 6.45) is 1.10. The van der Waals surface area contributed by atoms with E-state index in [2.05, 4.69) is 5.32 Å². The Hall–Kier alpha value is -2.25. The largest absolute Gasteiger partial charge is 0.354 e. The number of amides is 1. The maximum atomic E-state index is 14.1. The van der Waals surface area contributed by atoms with Gasteiger partial charge in [-0.1, -0.05) is 50.2 Å². The van der Waals surface area contributed by atoms with Gasteiger partial charge in [0.15, 0.2) is 0 Å². The molecule has 0 aromatic heterocycles. The summed E-state index contributed by atoms with van der Waals surface area (Å²) < 4.78 is 41.2. The third-order valence-electron chi connectivity index (χ3n) is 5.16. The first kappa shape index (κ1) is 20.5. The first-order valence-corrected chi connectivity index (χ1v) is 10.8. The van der Waals surface area contributed by atoms with Crippen molar-refractivity contribution in [2.24, 2.45) is 0 Å². The molecule has 2 aromatic rings. The molecule has 1 aliphatic rings. The van der Waals surface area contributed by atoms with Crippen molar-refractivity contribution in [3.63, 3.8) is 0 Å². The van der Waals surface area contributed by atoms with Crippen molar-refractivity contribution in [3.8, 4) is 0 Å². The Morgan fingerprint density at radius 1 is 1.14 bits per heavy atom. The molecule has 3 rings (SSSR count). The number of carbonyl (C=O) groups excluding carboxylic acids is 1. The van der Waals surface area contributed by atoms with Gasteiger partial charge in [0.05, 0.1) is 4.90 Å². The molecule has 1 unspecified atom stereocenters. The van der Waals surface area contributed by atoms with E-state index in [4.69, 9.17) is 0 Å². The van der Waals surface area contributed by atoms with Crippen molar-refractivity contribution in [3.05, 3.63) is 66.0 Å². The van der Waals surface area contributed by atoms with Crippen LogP contribution in [-0.2, 0) is 20.2 Å². The van der Waals surface area contributed by atoms with Crippen LogP contribution in [0.4, 0.5) is 4.39 Å². The minimum atomic E-state index is -3.73. The Labute approximate surface area is 165 Å². The van der Waals surface area contributed by atoms with Crippen LogP contribution in [0.2, 0.25) is 0 Å². The van der Waals surface area contributed by atoms with Gasteiger partial charge in [-0.05, 0) is 36.6 Å². The average molecular weight is 405 g/mol. The van der Waals surface area contributed by atoms with Gasteiger partial charge >= 0.3 is 0 Å². The van der Waals surface area contributed by atoms with Gasteiger partial charge in [-0.3, -0.25) is 4.79 Å². The third kappa shape index (κ3) is 4.10. The lowest BCUT2D eigenvalue weighted by Crippen LogP contribution is -2.48. The number of rotatable bonds is 6. The van der Waals surface area contributed by atoms with Crippen molar-refractivity contribution < 1.29 is 17.6 Å². The average Bonchev–Trinajstić information content (AvgIpc) is 3.18. The number of hydrogen-bond donors (Lipinski definition) is 1. The normalized spacial score (nSPS) is 18.2. The zero-order chi connectivity index (χ0) is 20.4. The van der Waals surface area contributed by atoms with E-state index in [1.54, 1.807) is 36.4 Å². The number of halogens is 1.